The van der Waals surface area contributed by atoms with Crippen LogP contribution in [0.4, 0.5) is 5.69 Å². The Morgan fingerprint density at radius 2 is 1.77 bits per heavy atom. The number of hydrogen-bond donors (Lipinski definition) is 1. The molecule has 31 heavy (non-hydrogen) atoms. The molecule has 3 fully saturated rings. The Labute approximate surface area is 181 Å². The summed E-state index contributed by atoms with van der Waals surface area (Å²) in [5.41, 5.74) is 11.7. The van der Waals surface area contributed by atoms with Crippen molar-refractivity contribution >= 4 is 17.1 Å². The molecule has 7 nitrogen and oxygen atoms in total. The van der Waals surface area contributed by atoms with Crippen LogP contribution in [0.1, 0.15) is 18.4 Å². The van der Waals surface area contributed by atoms with Gasteiger partial charge >= 0.3 is 0 Å². The molecule has 2 aromatic heterocycles. The van der Waals surface area contributed by atoms with E-state index in [2.05, 4.69) is 52.6 Å². The van der Waals surface area contributed by atoms with Gasteiger partial charge in [-0.05, 0) is 36.1 Å². The highest BCUT2D eigenvalue weighted by atomic mass is 16.5. The Bertz CT molecular complexity index is 1120. The van der Waals surface area contributed by atoms with Crippen molar-refractivity contribution < 1.29 is 9.53 Å². The molecular weight excluding hydrogens is 390 g/mol. The number of aromatic nitrogens is 2. The van der Waals surface area contributed by atoms with Crippen molar-refractivity contribution in [2.75, 3.05) is 44.3 Å². The van der Waals surface area contributed by atoms with Gasteiger partial charge in [0.25, 0.3) is 0 Å². The van der Waals surface area contributed by atoms with Crippen LogP contribution in [0.3, 0.4) is 0 Å². The highest BCUT2D eigenvalue weighted by Crippen LogP contribution is 2.33. The van der Waals surface area contributed by atoms with Crippen molar-refractivity contribution in [2.45, 2.75) is 18.4 Å². The quantitative estimate of drug-likeness (QED) is 0.705. The number of benzene rings is 1. The first-order chi connectivity index (χ1) is 15.1. The molecule has 3 aromatic rings. The van der Waals surface area contributed by atoms with Crippen LogP contribution in [0.25, 0.3) is 16.6 Å². The van der Waals surface area contributed by atoms with Gasteiger partial charge < -0.3 is 20.3 Å². The van der Waals surface area contributed by atoms with Crippen LogP contribution in [-0.2, 0) is 15.1 Å². The number of carbonyl (C=O) groups excluding carboxylic acids is 1. The molecule has 1 aliphatic carbocycles. The van der Waals surface area contributed by atoms with Crippen molar-refractivity contribution in [3.63, 3.8) is 0 Å². The van der Waals surface area contributed by atoms with Crippen LogP contribution in [0, 0.1) is 5.92 Å². The minimum absolute atomic E-state index is 0.296. The average Bonchev–Trinajstić information content (AvgIpc) is 3.55. The van der Waals surface area contributed by atoms with Crippen molar-refractivity contribution in [1.82, 2.24) is 14.5 Å². The minimum Gasteiger partial charge on any atom is -0.377 e. The fourth-order valence-electron chi connectivity index (χ4n) is 4.66. The van der Waals surface area contributed by atoms with E-state index >= 15 is 0 Å². The van der Waals surface area contributed by atoms with E-state index in [1.165, 1.54) is 5.69 Å². The second-order valence-electron chi connectivity index (χ2n) is 9.09. The molecule has 0 atom stereocenters. The number of fused-ring (bicyclic) bond motifs is 1. The third kappa shape index (κ3) is 3.28. The Morgan fingerprint density at radius 3 is 2.42 bits per heavy atom. The molecule has 1 amide bonds. The van der Waals surface area contributed by atoms with E-state index in [4.69, 9.17) is 10.5 Å². The fraction of sp³-hybridized carbons (Fsp3) is 0.417. The molecule has 2 N–H and O–H groups in total. The van der Waals surface area contributed by atoms with E-state index < -0.39 is 0 Å². The molecule has 3 aliphatic rings. The summed E-state index contributed by atoms with van der Waals surface area (Å²) >= 11 is 0. The van der Waals surface area contributed by atoms with E-state index in [1.54, 1.807) is 0 Å². The maximum absolute atomic E-state index is 12.4. The Kier molecular flexibility index (Phi) is 4.30. The number of ether oxygens (including phenoxy) is 1. The van der Waals surface area contributed by atoms with E-state index in [0.29, 0.717) is 25.0 Å². The smallest absolute Gasteiger partial charge is 0.225 e. The summed E-state index contributed by atoms with van der Waals surface area (Å²) in [4.78, 5) is 16.8. The highest BCUT2D eigenvalue weighted by Gasteiger charge is 2.36. The van der Waals surface area contributed by atoms with Crippen molar-refractivity contribution in [3.05, 3.63) is 54.4 Å². The number of carbonyl (C=O) groups is 1. The molecule has 0 bridgehead atoms. The van der Waals surface area contributed by atoms with Crippen LogP contribution in [-0.4, -0.2) is 59.8 Å². The van der Waals surface area contributed by atoms with Gasteiger partial charge in [-0.25, -0.2) is 4.52 Å². The van der Waals surface area contributed by atoms with Gasteiger partial charge in [-0.3, -0.25) is 4.79 Å². The summed E-state index contributed by atoms with van der Waals surface area (Å²) in [6.45, 7) is 4.46. The third-order valence-electron chi connectivity index (χ3n) is 6.86. The molecule has 1 saturated carbocycles. The summed E-state index contributed by atoms with van der Waals surface area (Å²) in [5.74, 6) is 0.644. The second kappa shape index (κ2) is 7.07. The van der Waals surface area contributed by atoms with Gasteiger partial charge in [0.15, 0.2) is 0 Å². The standard InChI is InChI=1S/C24H27N5O2/c25-24(15-31-16-24)20-5-3-17(4-6-20)19-13-22-21(7-8-26-29(22)14-19)27-9-11-28(12-10-27)23(30)18-1-2-18/h3-8,13-14,18H,1-2,9-12,15-16,25H2. The fourth-order valence-corrected chi connectivity index (χ4v) is 4.66. The Balaban J connectivity index is 1.24. The van der Waals surface area contributed by atoms with Gasteiger partial charge in [0.1, 0.15) is 0 Å². The van der Waals surface area contributed by atoms with Gasteiger partial charge in [-0.15, -0.1) is 0 Å². The van der Waals surface area contributed by atoms with E-state index in [0.717, 1.165) is 61.2 Å². The lowest BCUT2D eigenvalue weighted by Gasteiger charge is -2.38. The molecule has 6 rings (SSSR count). The normalized spacial score (nSPS) is 20.7. The van der Waals surface area contributed by atoms with Crippen LogP contribution in [0.15, 0.2) is 48.8 Å². The topological polar surface area (TPSA) is 76.1 Å². The molecule has 4 heterocycles. The predicted molar refractivity (Wildman–Crippen MR) is 119 cm³/mol. The number of hydrogen-bond acceptors (Lipinski definition) is 5. The first kappa shape index (κ1) is 18.8. The lowest BCUT2D eigenvalue weighted by Crippen LogP contribution is -2.54. The molecule has 0 radical (unpaired) electrons. The monoisotopic (exact) mass is 417 g/mol. The van der Waals surface area contributed by atoms with E-state index in [1.807, 2.05) is 15.6 Å². The Hall–Kier alpha value is -2.90. The molecule has 160 valence electrons. The Morgan fingerprint density at radius 1 is 1.03 bits per heavy atom. The summed E-state index contributed by atoms with van der Waals surface area (Å²) in [6.07, 6.45) is 6.06. The van der Waals surface area contributed by atoms with Gasteiger partial charge in [0, 0.05) is 50.1 Å². The lowest BCUT2D eigenvalue weighted by molar-refractivity contribution is -0.132. The molecular formula is C24H27N5O2. The number of piperazine rings is 1. The zero-order chi connectivity index (χ0) is 21.0. The molecule has 2 saturated heterocycles. The number of rotatable bonds is 4. The number of nitrogens with two attached hydrogens (primary N) is 1. The largest absolute Gasteiger partial charge is 0.377 e. The minimum atomic E-state index is -0.345. The maximum atomic E-state index is 12.4. The van der Waals surface area contributed by atoms with E-state index in [-0.39, 0.29) is 5.54 Å². The van der Waals surface area contributed by atoms with Crippen LogP contribution < -0.4 is 10.6 Å². The molecule has 1 aromatic carbocycles. The summed E-state index contributed by atoms with van der Waals surface area (Å²) in [5, 5.41) is 4.53. The number of nitrogens with zero attached hydrogens (tertiary/aromatic N) is 4. The maximum Gasteiger partial charge on any atom is 0.225 e. The van der Waals surface area contributed by atoms with Crippen molar-refractivity contribution in [1.29, 1.82) is 0 Å². The molecule has 7 heteroatoms. The lowest BCUT2D eigenvalue weighted by atomic mass is 9.88. The van der Waals surface area contributed by atoms with Crippen molar-refractivity contribution in [3.8, 4) is 11.1 Å². The molecule has 0 unspecified atom stereocenters. The van der Waals surface area contributed by atoms with E-state index in [9.17, 15) is 4.79 Å². The zero-order valence-electron chi connectivity index (χ0n) is 17.5. The van der Waals surface area contributed by atoms with Gasteiger partial charge in [0.05, 0.1) is 30.0 Å². The second-order valence-corrected chi connectivity index (χ2v) is 9.09. The number of anilines is 1. The van der Waals surface area contributed by atoms with Gasteiger partial charge in [0.2, 0.25) is 5.91 Å². The van der Waals surface area contributed by atoms with Crippen molar-refractivity contribution in [2.24, 2.45) is 11.7 Å². The molecule has 2 aliphatic heterocycles. The third-order valence-corrected chi connectivity index (χ3v) is 6.86. The zero-order valence-corrected chi connectivity index (χ0v) is 17.5. The van der Waals surface area contributed by atoms with Crippen LogP contribution in [0.2, 0.25) is 0 Å². The van der Waals surface area contributed by atoms with Crippen LogP contribution in [0.5, 0.6) is 0 Å². The summed E-state index contributed by atoms with van der Waals surface area (Å²) in [7, 11) is 0. The SMILES string of the molecule is NC1(c2ccc(-c3cc4c(N5CCN(C(=O)C6CC6)CC5)ccnn4c3)cc2)COC1. The summed E-state index contributed by atoms with van der Waals surface area (Å²) < 4.78 is 7.24. The summed E-state index contributed by atoms with van der Waals surface area (Å²) in [6, 6.07) is 12.7. The molecule has 0 spiro atoms. The van der Waals surface area contributed by atoms with Gasteiger partial charge in [-0.2, -0.15) is 5.10 Å². The van der Waals surface area contributed by atoms with Crippen LogP contribution >= 0.6 is 0 Å². The number of amides is 1. The van der Waals surface area contributed by atoms with Gasteiger partial charge in [-0.1, -0.05) is 24.3 Å². The first-order valence-corrected chi connectivity index (χ1v) is 11.1. The highest BCUT2D eigenvalue weighted by molar-refractivity contribution is 5.82. The average molecular weight is 418 g/mol. The first-order valence-electron chi connectivity index (χ1n) is 11.1. The predicted octanol–water partition coefficient (Wildman–Crippen LogP) is 2.24.